The SMILES string of the molecule is Cc1nn(C2CCN(C(=O)OC(C)(C)C)CC2)c(C)c1-c1cnc2cccc(Br)c2n1. The van der Waals surface area contributed by atoms with Crippen LogP contribution in [0.15, 0.2) is 28.9 Å². The molecule has 0 saturated carbocycles. The first-order valence-electron chi connectivity index (χ1n) is 10.6. The summed E-state index contributed by atoms with van der Waals surface area (Å²) in [5.41, 5.74) is 5.09. The first-order chi connectivity index (χ1) is 14.6. The van der Waals surface area contributed by atoms with Gasteiger partial charge in [-0.05, 0) is 75.5 Å². The van der Waals surface area contributed by atoms with Crippen LogP contribution in [0.1, 0.15) is 51.0 Å². The molecule has 7 nitrogen and oxygen atoms in total. The van der Waals surface area contributed by atoms with Crippen LogP contribution in [-0.4, -0.2) is 49.4 Å². The molecule has 0 unspecified atom stereocenters. The summed E-state index contributed by atoms with van der Waals surface area (Å²) in [4.78, 5) is 23.6. The van der Waals surface area contributed by atoms with Crippen molar-refractivity contribution in [1.82, 2.24) is 24.6 Å². The van der Waals surface area contributed by atoms with Crippen molar-refractivity contribution in [2.45, 2.75) is 59.1 Å². The number of rotatable bonds is 2. The molecule has 1 aromatic carbocycles. The van der Waals surface area contributed by atoms with Crippen molar-refractivity contribution in [2.75, 3.05) is 13.1 Å². The molecule has 0 atom stereocenters. The van der Waals surface area contributed by atoms with Gasteiger partial charge in [0.05, 0.1) is 29.1 Å². The van der Waals surface area contributed by atoms with E-state index < -0.39 is 5.60 Å². The number of aromatic nitrogens is 4. The van der Waals surface area contributed by atoms with Crippen LogP contribution in [0, 0.1) is 13.8 Å². The number of likely N-dealkylation sites (tertiary alicyclic amines) is 1. The number of aryl methyl sites for hydroxylation is 1. The molecular weight excluding hydrogens is 458 g/mol. The fourth-order valence-corrected chi connectivity index (χ4v) is 4.57. The molecule has 2 aromatic heterocycles. The van der Waals surface area contributed by atoms with Gasteiger partial charge < -0.3 is 9.64 Å². The van der Waals surface area contributed by atoms with Gasteiger partial charge in [0.1, 0.15) is 11.1 Å². The number of piperidine rings is 1. The smallest absolute Gasteiger partial charge is 0.410 e. The zero-order chi connectivity index (χ0) is 22.3. The number of fused-ring (bicyclic) bond motifs is 1. The quantitative estimate of drug-likeness (QED) is 0.482. The molecule has 31 heavy (non-hydrogen) atoms. The Labute approximate surface area is 190 Å². The van der Waals surface area contributed by atoms with E-state index in [4.69, 9.17) is 14.8 Å². The Bertz CT molecular complexity index is 1130. The monoisotopic (exact) mass is 485 g/mol. The highest BCUT2D eigenvalue weighted by atomic mass is 79.9. The fourth-order valence-electron chi connectivity index (χ4n) is 4.13. The molecule has 1 aliphatic heterocycles. The van der Waals surface area contributed by atoms with Crippen molar-refractivity contribution in [3.8, 4) is 11.3 Å². The van der Waals surface area contributed by atoms with E-state index in [1.54, 1.807) is 4.90 Å². The molecule has 1 fully saturated rings. The maximum atomic E-state index is 12.4. The second-order valence-corrected chi connectivity index (χ2v) is 9.91. The Balaban J connectivity index is 1.56. The second-order valence-electron chi connectivity index (χ2n) is 9.05. The van der Waals surface area contributed by atoms with Gasteiger partial charge in [-0.1, -0.05) is 6.07 Å². The van der Waals surface area contributed by atoms with E-state index >= 15 is 0 Å². The highest BCUT2D eigenvalue weighted by molar-refractivity contribution is 9.10. The molecule has 0 aliphatic carbocycles. The van der Waals surface area contributed by atoms with Crippen molar-refractivity contribution in [2.24, 2.45) is 0 Å². The van der Waals surface area contributed by atoms with Gasteiger partial charge in [-0.3, -0.25) is 9.67 Å². The molecule has 164 valence electrons. The number of hydrogen-bond acceptors (Lipinski definition) is 5. The number of carbonyl (C=O) groups excluding carboxylic acids is 1. The van der Waals surface area contributed by atoms with E-state index in [0.29, 0.717) is 13.1 Å². The lowest BCUT2D eigenvalue weighted by atomic mass is 10.0. The molecule has 3 aromatic rings. The van der Waals surface area contributed by atoms with E-state index in [1.807, 2.05) is 52.1 Å². The molecule has 0 bridgehead atoms. The Kier molecular flexibility index (Phi) is 5.77. The number of amides is 1. The summed E-state index contributed by atoms with van der Waals surface area (Å²) in [6.07, 6.45) is 3.27. The minimum atomic E-state index is -0.478. The highest BCUT2D eigenvalue weighted by Gasteiger charge is 2.29. The number of halogens is 1. The molecule has 8 heteroatoms. The lowest BCUT2D eigenvalue weighted by Gasteiger charge is -2.33. The average molecular weight is 486 g/mol. The van der Waals surface area contributed by atoms with Gasteiger partial charge >= 0.3 is 6.09 Å². The lowest BCUT2D eigenvalue weighted by molar-refractivity contribution is 0.0184. The largest absolute Gasteiger partial charge is 0.444 e. The predicted molar refractivity (Wildman–Crippen MR) is 124 cm³/mol. The van der Waals surface area contributed by atoms with Crippen LogP contribution in [0.2, 0.25) is 0 Å². The molecule has 1 amide bonds. The van der Waals surface area contributed by atoms with Crippen LogP contribution in [-0.2, 0) is 4.74 Å². The summed E-state index contributed by atoms with van der Waals surface area (Å²) in [7, 11) is 0. The zero-order valence-corrected chi connectivity index (χ0v) is 20.2. The third kappa shape index (κ3) is 4.44. The number of para-hydroxylation sites is 1. The minimum Gasteiger partial charge on any atom is -0.444 e. The summed E-state index contributed by atoms with van der Waals surface area (Å²) in [5.74, 6) is 0. The Morgan fingerprint density at radius 2 is 1.90 bits per heavy atom. The second kappa shape index (κ2) is 8.22. The van der Waals surface area contributed by atoms with Crippen molar-refractivity contribution < 1.29 is 9.53 Å². The van der Waals surface area contributed by atoms with E-state index in [2.05, 4.69) is 32.5 Å². The summed E-state index contributed by atoms with van der Waals surface area (Å²) in [6, 6.07) is 6.13. The number of hydrogen-bond donors (Lipinski definition) is 0. The Hall–Kier alpha value is -2.48. The maximum absolute atomic E-state index is 12.4. The van der Waals surface area contributed by atoms with Gasteiger partial charge in [0.15, 0.2) is 0 Å². The van der Waals surface area contributed by atoms with Crippen LogP contribution in [0.4, 0.5) is 4.79 Å². The first-order valence-corrected chi connectivity index (χ1v) is 11.4. The summed E-state index contributed by atoms with van der Waals surface area (Å²) >= 11 is 3.58. The molecule has 1 saturated heterocycles. The molecule has 0 radical (unpaired) electrons. The van der Waals surface area contributed by atoms with E-state index in [0.717, 1.165) is 51.0 Å². The molecular formula is C23H28BrN5O2. The lowest BCUT2D eigenvalue weighted by Crippen LogP contribution is -2.42. The molecule has 0 spiro atoms. The molecule has 1 aliphatic rings. The van der Waals surface area contributed by atoms with Crippen LogP contribution >= 0.6 is 15.9 Å². The van der Waals surface area contributed by atoms with E-state index in [9.17, 15) is 4.79 Å². The van der Waals surface area contributed by atoms with Crippen LogP contribution in [0.25, 0.3) is 22.3 Å². The maximum Gasteiger partial charge on any atom is 0.410 e. The standard InChI is InChI=1S/C23H28BrN5O2/c1-14-20(19-13-25-18-8-6-7-17(24)21(18)26-19)15(2)29(27-14)16-9-11-28(12-10-16)22(30)31-23(3,4)5/h6-8,13,16H,9-12H2,1-5H3. The minimum absolute atomic E-state index is 0.239. The fraction of sp³-hybridized carbons (Fsp3) is 0.478. The number of benzene rings is 1. The Morgan fingerprint density at radius 3 is 2.58 bits per heavy atom. The van der Waals surface area contributed by atoms with Crippen molar-refractivity contribution >= 4 is 33.1 Å². The number of nitrogens with zero attached hydrogens (tertiary/aromatic N) is 5. The summed E-state index contributed by atoms with van der Waals surface area (Å²) in [6.45, 7) is 11.1. The van der Waals surface area contributed by atoms with Crippen molar-refractivity contribution in [3.63, 3.8) is 0 Å². The van der Waals surface area contributed by atoms with E-state index in [1.165, 1.54) is 0 Å². The van der Waals surface area contributed by atoms with Crippen LogP contribution in [0.5, 0.6) is 0 Å². The van der Waals surface area contributed by atoms with Gasteiger partial charge in [0.25, 0.3) is 0 Å². The van der Waals surface area contributed by atoms with Crippen LogP contribution in [0.3, 0.4) is 0 Å². The van der Waals surface area contributed by atoms with Gasteiger partial charge in [0.2, 0.25) is 0 Å². The molecule has 4 rings (SSSR count). The van der Waals surface area contributed by atoms with Gasteiger partial charge in [-0.15, -0.1) is 0 Å². The summed E-state index contributed by atoms with van der Waals surface area (Å²) in [5, 5.41) is 4.84. The summed E-state index contributed by atoms with van der Waals surface area (Å²) < 4.78 is 8.54. The Morgan fingerprint density at radius 1 is 1.19 bits per heavy atom. The van der Waals surface area contributed by atoms with Crippen molar-refractivity contribution in [1.29, 1.82) is 0 Å². The topological polar surface area (TPSA) is 73.1 Å². The van der Waals surface area contributed by atoms with Crippen molar-refractivity contribution in [3.05, 3.63) is 40.3 Å². The normalized spacial score (nSPS) is 15.5. The van der Waals surface area contributed by atoms with Gasteiger partial charge in [-0.25, -0.2) is 9.78 Å². The number of ether oxygens (including phenoxy) is 1. The average Bonchev–Trinajstić information content (AvgIpc) is 3.01. The first kappa shape index (κ1) is 21.7. The van der Waals surface area contributed by atoms with Gasteiger partial charge in [0, 0.05) is 28.8 Å². The van der Waals surface area contributed by atoms with E-state index in [-0.39, 0.29) is 12.1 Å². The van der Waals surface area contributed by atoms with Gasteiger partial charge in [-0.2, -0.15) is 5.10 Å². The third-order valence-corrected chi connectivity index (χ3v) is 6.21. The van der Waals surface area contributed by atoms with Crippen LogP contribution < -0.4 is 0 Å². The zero-order valence-electron chi connectivity index (χ0n) is 18.6. The third-order valence-electron chi connectivity index (χ3n) is 5.57. The highest BCUT2D eigenvalue weighted by Crippen LogP contribution is 2.32. The molecule has 0 N–H and O–H groups in total. The molecule has 3 heterocycles. The number of carbonyl (C=O) groups is 1. The predicted octanol–water partition coefficient (Wildman–Crippen LogP) is 5.44.